The molecule has 0 heterocycles. The Labute approximate surface area is 182 Å². The zero-order chi connectivity index (χ0) is 20.8. The van der Waals surface area contributed by atoms with Gasteiger partial charge in [-0.15, -0.1) is 0 Å². The van der Waals surface area contributed by atoms with Crippen LogP contribution in [0.2, 0.25) is 5.02 Å². The van der Waals surface area contributed by atoms with Gasteiger partial charge in [0.2, 0.25) is 0 Å². The average Bonchev–Trinajstić information content (AvgIpc) is 2.72. The molecule has 0 N–H and O–H groups in total. The van der Waals surface area contributed by atoms with E-state index < -0.39 is 5.82 Å². The number of halogens is 3. The van der Waals surface area contributed by atoms with E-state index in [1.54, 1.807) is 42.5 Å². The minimum absolute atomic E-state index is 0.210. The Morgan fingerprint density at radius 1 is 1.17 bits per heavy atom. The first-order valence-corrected chi connectivity index (χ1v) is 9.81. The molecule has 0 aliphatic heterocycles. The van der Waals surface area contributed by atoms with Gasteiger partial charge in [0.15, 0.2) is 11.5 Å². The van der Waals surface area contributed by atoms with E-state index in [2.05, 4.69) is 22.0 Å². The third-order valence-corrected chi connectivity index (χ3v) is 5.13. The lowest BCUT2D eigenvalue weighted by Gasteiger charge is -2.14. The Morgan fingerprint density at radius 2 is 1.90 bits per heavy atom. The van der Waals surface area contributed by atoms with Gasteiger partial charge in [-0.1, -0.05) is 48.0 Å². The summed E-state index contributed by atoms with van der Waals surface area (Å²) in [5, 5.41) is 10.1. The van der Waals surface area contributed by atoms with Crippen LogP contribution in [0.25, 0.3) is 11.6 Å². The average molecular weight is 473 g/mol. The molecule has 0 aliphatic rings. The molecule has 0 fully saturated rings. The Hall–Kier alpha value is -2.81. The number of allylic oxidation sites excluding steroid dienone is 1. The Bertz CT molecular complexity index is 1110. The second-order valence-electron chi connectivity index (χ2n) is 6.06. The van der Waals surface area contributed by atoms with Gasteiger partial charge in [0.05, 0.1) is 23.2 Å². The van der Waals surface area contributed by atoms with Gasteiger partial charge in [-0.05, 0) is 51.8 Å². The second-order valence-corrected chi connectivity index (χ2v) is 7.33. The number of hydrogen-bond acceptors (Lipinski definition) is 3. The van der Waals surface area contributed by atoms with Gasteiger partial charge >= 0.3 is 0 Å². The van der Waals surface area contributed by atoms with Crippen LogP contribution in [0.1, 0.15) is 16.7 Å². The zero-order valence-electron chi connectivity index (χ0n) is 15.5. The molecule has 0 saturated heterocycles. The maximum Gasteiger partial charge on any atom is 0.175 e. The van der Waals surface area contributed by atoms with Crippen LogP contribution in [0.5, 0.6) is 11.5 Å². The first-order valence-electron chi connectivity index (χ1n) is 8.64. The molecule has 3 rings (SSSR count). The van der Waals surface area contributed by atoms with Crippen molar-refractivity contribution in [3.05, 3.63) is 92.7 Å². The summed E-state index contributed by atoms with van der Waals surface area (Å²) < 4.78 is 26.1. The minimum atomic E-state index is -0.453. The summed E-state index contributed by atoms with van der Waals surface area (Å²) in [6, 6.07) is 19.1. The minimum Gasteiger partial charge on any atom is -0.493 e. The summed E-state index contributed by atoms with van der Waals surface area (Å²) in [6.07, 6.45) is 1.60. The lowest BCUT2D eigenvalue weighted by molar-refractivity contribution is 0.282. The van der Waals surface area contributed by atoms with Crippen LogP contribution >= 0.6 is 27.5 Å². The number of rotatable bonds is 6. The molecule has 0 aliphatic carbocycles. The maximum absolute atomic E-state index is 14.1. The largest absolute Gasteiger partial charge is 0.493 e. The van der Waals surface area contributed by atoms with E-state index >= 15 is 0 Å². The molecule has 0 spiro atoms. The van der Waals surface area contributed by atoms with Gasteiger partial charge in [-0.2, -0.15) is 5.26 Å². The van der Waals surface area contributed by atoms with Crippen molar-refractivity contribution < 1.29 is 13.9 Å². The monoisotopic (exact) mass is 471 g/mol. The molecule has 0 bridgehead atoms. The van der Waals surface area contributed by atoms with E-state index in [9.17, 15) is 9.65 Å². The zero-order valence-corrected chi connectivity index (χ0v) is 17.8. The SMILES string of the molecule is COc1cc(C=C(C#N)c2ccccc2F)cc(Br)c1OCc1ccccc1Cl. The third-order valence-electron chi connectivity index (χ3n) is 4.18. The molecule has 0 atom stereocenters. The van der Waals surface area contributed by atoms with Crippen LogP contribution in [0, 0.1) is 17.1 Å². The standard InChI is InChI=1S/C23H16BrClFNO2/c1-28-22-12-15(10-17(13-27)18-7-3-5-9-21(18)26)11-19(24)23(22)29-14-16-6-2-4-8-20(16)25/h2-12H,14H2,1H3. The number of methoxy groups -OCH3 is 1. The molecule has 3 nitrogen and oxygen atoms in total. The van der Waals surface area contributed by atoms with Crippen LogP contribution in [-0.4, -0.2) is 7.11 Å². The molecular formula is C23H16BrClFNO2. The molecule has 0 radical (unpaired) electrons. The van der Waals surface area contributed by atoms with Crippen LogP contribution in [0.4, 0.5) is 4.39 Å². The highest BCUT2D eigenvalue weighted by molar-refractivity contribution is 9.10. The molecule has 0 aromatic heterocycles. The van der Waals surface area contributed by atoms with Crippen molar-refractivity contribution in [2.24, 2.45) is 0 Å². The Morgan fingerprint density at radius 3 is 2.59 bits per heavy atom. The molecule has 0 saturated carbocycles. The fourth-order valence-electron chi connectivity index (χ4n) is 2.75. The van der Waals surface area contributed by atoms with Crippen molar-refractivity contribution in [2.75, 3.05) is 7.11 Å². The van der Waals surface area contributed by atoms with Gasteiger partial charge in [-0.3, -0.25) is 0 Å². The molecule has 0 amide bonds. The summed E-state index contributed by atoms with van der Waals surface area (Å²) in [5.74, 6) is 0.531. The van der Waals surface area contributed by atoms with Crippen molar-refractivity contribution >= 4 is 39.2 Å². The van der Waals surface area contributed by atoms with Crippen molar-refractivity contribution in [3.8, 4) is 17.6 Å². The van der Waals surface area contributed by atoms with E-state index in [4.69, 9.17) is 21.1 Å². The highest BCUT2D eigenvalue weighted by atomic mass is 79.9. The van der Waals surface area contributed by atoms with Crippen molar-refractivity contribution in [2.45, 2.75) is 6.61 Å². The van der Waals surface area contributed by atoms with Crippen molar-refractivity contribution in [1.82, 2.24) is 0 Å². The number of benzene rings is 3. The number of ether oxygens (including phenoxy) is 2. The first-order chi connectivity index (χ1) is 14.0. The van der Waals surface area contributed by atoms with Crippen LogP contribution in [0.15, 0.2) is 65.1 Å². The number of nitrogens with zero attached hydrogens (tertiary/aromatic N) is 1. The smallest absolute Gasteiger partial charge is 0.175 e. The Kier molecular flexibility index (Phi) is 6.92. The molecule has 6 heteroatoms. The van der Waals surface area contributed by atoms with Gasteiger partial charge in [-0.25, -0.2) is 4.39 Å². The van der Waals surface area contributed by atoms with E-state index in [1.165, 1.54) is 13.2 Å². The van der Waals surface area contributed by atoms with Crippen LogP contribution < -0.4 is 9.47 Å². The summed E-state index contributed by atoms with van der Waals surface area (Å²) in [6.45, 7) is 0.266. The van der Waals surface area contributed by atoms with Gasteiger partial charge in [0.1, 0.15) is 12.4 Å². The van der Waals surface area contributed by atoms with Crippen molar-refractivity contribution in [1.29, 1.82) is 5.26 Å². The summed E-state index contributed by atoms with van der Waals surface area (Å²) in [4.78, 5) is 0. The van der Waals surface area contributed by atoms with Crippen molar-refractivity contribution in [3.63, 3.8) is 0 Å². The number of nitriles is 1. The van der Waals surface area contributed by atoms with E-state index in [0.717, 1.165) is 5.56 Å². The Balaban J connectivity index is 1.93. The summed E-state index contributed by atoms with van der Waals surface area (Å²) in [7, 11) is 1.53. The number of hydrogen-bond donors (Lipinski definition) is 0. The van der Waals surface area contributed by atoms with Gasteiger partial charge < -0.3 is 9.47 Å². The topological polar surface area (TPSA) is 42.2 Å². The summed E-state index contributed by atoms with van der Waals surface area (Å²) in [5.41, 5.74) is 1.96. The molecule has 3 aromatic carbocycles. The third kappa shape index (κ3) is 4.97. The fourth-order valence-corrected chi connectivity index (χ4v) is 3.51. The molecule has 146 valence electrons. The lowest BCUT2D eigenvalue weighted by atomic mass is 10.0. The highest BCUT2D eigenvalue weighted by Gasteiger charge is 2.14. The van der Waals surface area contributed by atoms with Crippen LogP contribution in [0.3, 0.4) is 0 Å². The lowest BCUT2D eigenvalue weighted by Crippen LogP contribution is -1.99. The summed E-state index contributed by atoms with van der Waals surface area (Å²) >= 11 is 9.67. The first kappa shape index (κ1) is 20.9. The predicted molar refractivity (Wildman–Crippen MR) is 116 cm³/mol. The van der Waals surface area contributed by atoms with E-state index in [-0.39, 0.29) is 17.7 Å². The predicted octanol–water partition coefficient (Wildman–Crippen LogP) is 6.89. The molecule has 0 unspecified atom stereocenters. The van der Waals surface area contributed by atoms with Gasteiger partial charge in [0.25, 0.3) is 0 Å². The molecular weight excluding hydrogens is 457 g/mol. The fraction of sp³-hybridized carbons (Fsp3) is 0.0870. The van der Waals surface area contributed by atoms with Crippen LogP contribution in [-0.2, 0) is 6.61 Å². The van der Waals surface area contributed by atoms with E-state index in [1.807, 2.05) is 18.2 Å². The quantitative estimate of drug-likeness (QED) is 0.290. The molecule has 3 aromatic rings. The molecule has 29 heavy (non-hydrogen) atoms. The highest BCUT2D eigenvalue weighted by Crippen LogP contribution is 2.38. The van der Waals surface area contributed by atoms with Gasteiger partial charge in [0, 0.05) is 16.1 Å². The second kappa shape index (κ2) is 9.60. The van der Waals surface area contributed by atoms with E-state index in [0.29, 0.717) is 26.6 Å². The maximum atomic E-state index is 14.1. The normalized spacial score (nSPS) is 11.1.